The fraction of sp³-hybridized carbons (Fsp3) is 0.0556. The highest BCUT2D eigenvalue weighted by atomic mass is 19.2. The third-order valence-electron chi connectivity index (χ3n) is 3.74. The van der Waals surface area contributed by atoms with Gasteiger partial charge in [-0.25, -0.2) is 18.3 Å². The van der Waals surface area contributed by atoms with E-state index in [1.165, 1.54) is 6.07 Å². The van der Waals surface area contributed by atoms with E-state index in [-0.39, 0.29) is 0 Å². The summed E-state index contributed by atoms with van der Waals surface area (Å²) in [5.41, 5.74) is 3.83. The van der Waals surface area contributed by atoms with Crippen molar-refractivity contribution in [2.24, 2.45) is 0 Å². The predicted octanol–water partition coefficient (Wildman–Crippen LogP) is 3.66. The van der Waals surface area contributed by atoms with E-state index >= 15 is 0 Å². The van der Waals surface area contributed by atoms with Crippen LogP contribution in [-0.2, 0) is 6.42 Å². The van der Waals surface area contributed by atoms with Crippen LogP contribution >= 0.6 is 0 Å². The van der Waals surface area contributed by atoms with E-state index in [0.29, 0.717) is 17.6 Å². The number of fused-ring (bicyclic) bond motifs is 1. The molecule has 0 bridgehead atoms. The minimum Gasteiger partial charge on any atom is -0.264 e. The summed E-state index contributed by atoms with van der Waals surface area (Å²) in [4.78, 5) is 8.44. The number of aromatic nitrogens is 4. The number of pyridine rings is 1. The maximum atomic E-state index is 13.4. The Kier molecular flexibility index (Phi) is 3.49. The van der Waals surface area contributed by atoms with Crippen LogP contribution in [0.2, 0.25) is 0 Å². The molecule has 0 amide bonds. The van der Waals surface area contributed by atoms with E-state index in [4.69, 9.17) is 0 Å². The standard InChI is InChI=1S/C18H12F2N4/c19-15-5-3-12(9-16(15)20)8-14-4-6-18-22-11-17(24(18)23-14)13-2-1-7-21-10-13/h1-7,9-11H,8H2. The van der Waals surface area contributed by atoms with E-state index in [2.05, 4.69) is 15.1 Å². The fourth-order valence-electron chi connectivity index (χ4n) is 2.58. The number of imidazole rings is 1. The zero-order valence-electron chi connectivity index (χ0n) is 12.5. The lowest BCUT2D eigenvalue weighted by Gasteiger charge is -2.05. The molecule has 0 atom stereocenters. The molecule has 0 saturated carbocycles. The van der Waals surface area contributed by atoms with Crippen LogP contribution in [0.1, 0.15) is 11.3 Å². The van der Waals surface area contributed by atoms with Gasteiger partial charge in [0.1, 0.15) is 0 Å². The van der Waals surface area contributed by atoms with Crippen LogP contribution in [0, 0.1) is 11.6 Å². The van der Waals surface area contributed by atoms with E-state index in [0.717, 1.165) is 23.0 Å². The minimum absolute atomic E-state index is 0.401. The first-order chi connectivity index (χ1) is 11.7. The largest absolute Gasteiger partial charge is 0.264 e. The van der Waals surface area contributed by atoms with Crippen LogP contribution in [0.5, 0.6) is 0 Å². The highest BCUT2D eigenvalue weighted by Crippen LogP contribution is 2.19. The minimum atomic E-state index is -0.854. The summed E-state index contributed by atoms with van der Waals surface area (Å²) in [6, 6.07) is 11.3. The molecular weight excluding hydrogens is 310 g/mol. The number of nitrogens with zero attached hydrogens (tertiary/aromatic N) is 4. The summed E-state index contributed by atoms with van der Waals surface area (Å²) in [6.07, 6.45) is 5.58. The predicted molar refractivity (Wildman–Crippen MR) is 85.4 cm³/mol. The van der Waals surface area contributed by atoms with Crippen molar-refractivity contribution in [3.8, 4) is 11.3 Å². The molecule has 3 aromatic heterocycles. The van der Waals surface area contributed by atoms with Crippen LogP contribution in [-0.4, -0.2) is 19.6 Å². The first-order valence-electron chi connectivity index (χ1n) is 7.39. The van der Waals surface area contributed by atoms with Gasteiger partial charge in [0.25, 0.3) is 0 Å². The van der Waals surface area contributed by atoms with Crippen LogP contribution in [0.15, 0.2) is 61.1 Å². The Morgan fingerprint density at radius 1 is 0.958 bits per heavy atom. The van der Waals surface area contributed by atoms with Crippen LogP contribution in [0.25, 0.3) is 16.9 Å². The van der Waals surface area contributed by atoms with Gasteiger partial charge in [0.05, 0.1) is 17.6 Å². The molecule has 4 aromatic rings. The average molecular weight is 322 g/mol. The van der Waals surface area contributed by atoms with Crippen molar-refractivity contribution in [2.75, 3.05) is 0 Å². The molecule has 0 saturated heterocycles. The third kappa shape index (κ3) is 2.62. The van der Waals surface area contributed by atoms with Crippen LogP contribution < -0.4 is 0 Å². The van der Waals surface area contributed by atoms with Gasteiger partial charge in [-0.1, -0.05) is 6.07 Å². The van der Waals surface area contributed by atoms with Gasteiger partial charge < -0.3 is 0 Å². The molecule has 4 nitrogen and oxygen atoms in total. The SMILES string of the molecule is Fc1ccc(Cc2ccc3ncc(-c4cccnc4)n3n2)cc1F. The second-order valence-electron chi connectivity index (χ2n) is 5.41. The monoisotopic (exact) mass is 322 g/mol. The fourth-order valence-corrected chi connectivity index (χ4v) is 2.58. The Labute approximate surface area is 136 Å². The molecule has 0 aliphatic carbocycles. The van der Waals surface area contributed by atoms with E-state index in [9.17, 15) is 8.78 Å². The molecule has 6 heteroatoms. The molecule has 4 rings (SSSR count). The smallest absolute Gasteiger partial charge is 0.159 e. The molecule has 0 unspecified atom stereocenters. The summed E-state index contributed by atoms with van der Waals surface area (Å²) in [5.74, 6) is -1.71. The highest BCUT2D eigenvalue weighted by Gasteiger charge is 2.09. The molecule has 24 heavy (non-hydrogen) atoms. The van der Waals surface area contributed by atoms with Gasteiger partial charge in [0.2, 0.25) is 0 Å². The molecule has 118 valence electrons. The molecule has 0 aliphatic heterocycles. The van der Waals surface area contributed by atoms with Crippen molar-refractivity contribution < 1.29 is 8.78 Å². The number of halogens is 2. The van der Waals surface area contributed by atoms with Gasteiger partial charge in [-0.05, 0) is 42.0 Å². The topological polar surface area (TPSA) is 43.1 Å². The Hall–Kier alpha value is -3.15. The normalized spacial score (nSPS) is 11.1. The second-order valence-corrected chi connectivity index (χ2v) is 5.41. The number of hydrogen-bond acceptors (Lipinski definition) is 3. The van der Waals surface area contributed by atoms with Crippen molar-refractivity contribution in [3.05, 3.63) is 83.9 Å². The Balaban J connectivity index is 1.73. The van der Waals surface area contributed by atoms with Crippen LogP contribution in [0.3, 0.4) is 0 Å². The van der Waals surface area contributed by atoms with Crippen molar-refractivity contribution in [3.63, 3.8) is 0 Å². The average Bonchev–Trinajstić information content (AvgIpc) is 3.02. The molecule has 0 radical (unpaired) electrons. The quantitative estimate of drug-likeness (QED) is 0.578. The lowest BCUT2D eigenvalue weighted by atomic mass is 10.1. The second kappa shape index (κ2) is 5.81. The molecule has 3 heterocycles. The summed E-state index contributed by atoms with van der Waals surface area (Å²) in [5, 5.41) is 4.57. The van der Waals surface area contributed by atoms with Gasteiger partial charge in [-0.3, -0.25) is 4.98 Å². The molecule has 0 N–H and O–H groups in total. The molecule has 0 spiro atoms. The Morgan fingerprint density at radius 3 is 2.67 bits per heavy atom. The van der Waals surface area contributed by atoms with Crippen LogP contribution in [0.4, 0.5) is 8.78 Å². The summed E-state index contributed by atoms with van der Waals surface area (Å²) < 4.78 is 28.1. The van der Waals surface area contributed by atoms with Crippen molar-refractivity contribution in [1.29, 1.82) is 0 Å². The number of benzene rings is 1. The Bertz CT molecular complexity index is 1010. The Morgan fingerprint density at radius 2 is 1.88 bits per heavy atom. The summed E-state index contributed by atoms with van der Waals surface area (Å²) in [7, 11) is 0. The molecule has 1 aromatic carbocycles. The first kappa shape index (κ1) is 14.4. The highest BCUT2D eigenvalue weighted by molar-refractivity contribution is 5.61. The summed E-state index contributed by atoms with van der Waals surface area (Å²) in [6.45, 7) is 0. The number of hydrogen-bond donors (Lipinski definition) is 0. The lowest BCUT2D eigenvalue weighted by molar-refractivity contribution is 0.507. The van der Waals surface area contributed by atoms with Crippen molar-refractivity contribution in [2.45, 2.75) is 6.42 Å². The van der Waals surface area contributed by atoms with Gasteiger partial charge in [-0.2, -0.15) is 5.10 Å². The zero-order chi connectivity index (χ0) is 16.5. The van der Waals surface area contributed by atoms with Gasteiger partial charge in [0, 0.05) is 24.4 Å². The van der Waals surface area contributed by atoms with Gasteiger partial charge in [0.15, 0.2) is 17.3 Å². The first-order valence-corrected chi connectivity index (χ1v) is 7.39. The maximum absolute atomic E-state index is 13.4. The van der Waals surface area contributed by atoms with Gasteiger partial charge in [-0.15, -0.1) is 0 Å². The maximum Gasteiger partial charge on any atom is 0.159 e. The van der Waals surface area contributed by atoms with E-state index < -0.39 is 11.6 Å². The molecule has 0 fully saturated rings. The van der Waals surface area contributed by atoms with Crippen molar-refractivity contribution in [1.82, 2.24) is 19.6 Å². The van der Waals surface area contributed by atoms with Crippen molar-refractivity contribution >= 4 is 5.65 Å². The van der Waals surface area contributed by atoms with Gasteiger partial charge >= 0.3 is 0 Å². The lowest BCUT2D eigenvalue weighted by Crippen LogP contribution is -2.01. The molecular formula is C18H12F2N4. The third-order valence-corrected chi connectivity index (χ3v) is 3.74. The summed E-state index contributed by atoms with van der Waals surface area (Å²) >= 11 is 0. The van der Waals surface area contributed by atoms with E-state index in [1.54, 1.807) is 29.2 Å². The van der Waals surface area contributed by atoms with E-state index in [1.807, 2.05) is 24.3 Å². The molecule has 0 aliphatic rings. The number of rotatable bonds is 3. The zero-order valence-corrected chi connectivity index (χ0v) is 12.5.